The number of aliphatic hydroxyl groups excluding tert-OH is 1. The molecule has 0 spiro atoms. The smallest absolute Gasteiger partial charge is 0.246 e. The summed E-state index contributed by atoms with van der Waals surface area (Å²) in [4.78, 5) is 13.8. The van der Waals surface area contributed by atoms with Crippen LogP contribution >= 0.6 is 11.6 Å². The summed E-state index contributed by atoms with van der Waals surface area (Å²) >= 11 is 5.89. The average Bonchev–Trinajstić information content (AvgIpc) is 2.30. The van der Waals surface area contributed by atoms with Gasteiger partial charge in [-0.25, -0.2) is 0 Å². The van der Waals surface area contributed by atoms with E-state index in [1.54, 1.807) is 11.0 Å². The number of carbonyl (C=O) groups excluding carboxylic acids is 1. The highest BCUT2D eigenvalue weighted by Crippen LogP contribution is 2.24. The Morgan fingerprint density at radius 3 is 3.00 bits per heavy atom. The molecule has 0 radical (unpaired) electrons. The number of amides is 1. The van der Waals surface area contributed by atoms with Gasteiger partial charge in [0.05, 0.1) is 6.61 Å². The highest BCUT2D eigenvalue weighted by atomic mass is 35.5. The molecule has 17 heavy (non-hydrogen) atoms. The topological polar surface area (TPSA) is 52.6 Å². The normalized spacial score (nSPS) is 20.8. The fourth-order valence-electron chi connectivity index (χ4n) is 2.04. The maximum Gasteiger partial charge on any atom is 0.246 e. The van der Waals surface area contributed by atoms with Crippen LogP contribution in [-0.2, 0) is 4.79 Å². The number of hydrogen-bond donors (Lipinski definition) is 2. The molecular weight excluding hydrogens is 240 g/mol. The fourth-order valence-corrected chi connectivity index (χ4v) is 2.27. The summed E-state index contributed by atoms with van der Waals surface area (Å²) in [5.74, 6) is -0.0934. The van der Waals surface area contributed by atoms with E-state index in [1.165, 1.54) is 0 Å². The highest BCUT2D eigenvalue weighted by Gasteiger charge is 2.29. The molecule has 2 rings (SSSR count). The fraction of sp³-hybridized carbons (Fsp3) is 0.417. The number of hydrogen-bond acceptors (Lipinski definition) is 3. The zero-order valence-corrected chi connectivity index (χ0v) is 10.4. The number of anilines is 1. The van der Waals surface area contributed by atoms with E-state index in [2.05, 4.69) is 5.32 Å². The molecule has 1 saturated heterocycles. The van der Waals surface area contributed by atoms with Gasteiger partial charge in [0.2, 0.25) is 5.91 Å². The number of halogens is 1. The molecular formula is C12H15ClN2O2. The molecule has 0 saturated carbocycles. The molecule has 1 aromatic carbocycles. The van der Waals surface area contributed by atoms with Crippen LogP contribution in [0.5, 0.6) is 0 Å². The first-order valence-electron chi connectivity index (χ1n) is 5.55. The van der Waals surface area contributed by atoms with Crippen LogP contribution in [0.2, 0.25) is 5.02 Å². The second-order valence-electron chi connectivity index (χ2n) is 4.11. The third-order valence-corrected chi connectivity index (χ3v) is 3.16. The van der Waals surface area contributed by atoms with Gasteiger partial charge in [0.25, 0.3) is 0 Å². The van der Waals surface area contributed by atoms with Gasteiger partial charge >= 0.3 is 0 Å². The van der Waals surface area contributed by atoms with Crippen molar-refractivity contribution in [3.63, 3.8) is 0 Å². The van der Waals surface area contributed by atoms with E-state index in [9.17, 15) is 4.79 Å². The van der Waals surface area contributed by atoms with Crippen molar-refractivity contribution in [2.24, 2.45) is 0 Å². The van der Waals surface area contributed by atoms with Crippen LogP contribution in [0, 0.1) is 6.92 Å². The minimum Gasteiger partial charge on any atom is -0.394 e. The zero-order chi connectivity index (χ0) is 12.4. The molecule has 1 unspecified atom stereocenters. The Morgan fingerprint density at radius 1 is 1.59 bits per heavy atom. The highest BCUT2D eigenvalue weighted by molar-refractivity contribution is 6.30. The number of aryl methyl sites for hydroxylation is 1. The minimum atomic E-state index is -0.501. The summed E-state index contributed by atoms with van der Waals surface area (Å²) in [6.07, 6.45) is 0. The van der Waals surface area contributed by atoms with Crippen molar-refractivity contribution >= 4 is 23.2 Å². The van der Waals surface area contributed by atoms with Crippen LogP contribution < -0.4 is 10.2 Å². The van der Waals surface area contributed by atoms with Crippen molar-refractivity contribution in [3.8, 4) is 0 Å². The van der Waals surface area contributed by atoms with E-state index in [0.29, 0.717) is 18.1 Å². The van der Waals surface area contributed by atoms with E-state index in [1.807, 2.05) is 19.1 Å². The van der Waals surface area contributed by atoms with Gasteiger partial charge in [0.15, 0.2) is 0 Å². The lowest BCUT2D eigenvalue weighted by Crippen LogP contribution is -2.56. The average molecular weight is 255 g/mol. The van der Waals surface area contributed by atoms with E-state index in [-0.39, 0.29) is 12.5 Å². The molecule has 0 aromatic heterocycles. The van der Waals surface area contributed by atoms with Gasteiger partial charge < -0.3 is 15.3 Å². The summed E-state index contributed by atoms with van der Waals surface area (Å²) in [6, 6.07) is 4.95. The lowest BCUT2D eigenvalue weighted by molar-refractivity contribution is -0.122. The largest absolute Gasteiger partial charge is 0.394 e. The molecule has 1 aliphatic rings. The number of carbonyl (C=O) groups is 1. The van der Waals surface area contributed by atoms with Crippen LogP contribution in [0.25, 0.3) is 0 Å². The minimum absolute atomic E-state index is 0.0934. The van der Waals surface area contributed by atoms with E-state index < -0.39 is 6.04 Å². The van der Waals surface area contributed by atoms with Gasteiger partial charge in [0, 0.05) is 23.8 Å². The second kappa shape index (κ2) is 5.04. The zero-order valence-electron chi connectivity index (χ0n) is 9.61. The van der Waals surface area contributed by atoms with Crippen LogP contribution in [0.3, 0.4) is 0 Å². The third kappa shape index (κ3) is 2.44. The summed E-state index contributed by atoms with van der Waals surface area (Å²) in [5.41, 5.74) is 1.82. The second-order valence-corrected chi connectivity index (χ2v) is 4.55. The van der Waals surface area contributed by atoms with Crippen LogP contribution in [-0.4, -0.2) is 36.8 Å². The molecule has 1 atom stereocenters. The van der Waals surface area contributed by atoms with Crippen LogP contribution in [0.4, 0.5) is 5.69 Å². The molecule has 1 amide bonds. The summed E-state index contributed by atoms with van der Waals surface area (Å²) in [6.45, 7) is 3.03. The Kier molecular flexibility index (Phi) is 3.66. The number of benzene rings is 1. The lowest BCUT2D eigenvalue weighted by Gasteiger charge is -2.33. The summed E-state index contributed by atoms with van der Waals surface area (Å²) in [7, 11) is 0. The number of nitrogens with zero attached hydrogens (tertiary/aromatic N) is 1. The van der Waals surface area contributed by atoms with Crippen molar-refractivity contribution < 1.29 is 9.90 Å². The molecule has 0 aliphatic carbocycles. The van der Waals surface area contributed by atoms with Crippen molar-refractivity contribution in [1.82, 2.24) is 5.32 Å². The first kappa shape index (κ1) is 12.4. The predicted octanol–water partition coefficient (Wildman–Crippen LogP) is 0.946. The first-order valence-corrected chi connectivity index (χ1v) is 5.93. The summed E-state index contributed by atoms with van der Waals surface area (Å²) in [5, 5.41) is 12.8. The molecule has 92 valence electrons. The number of rotatable bonds is 2. The van der Waals surface area contributed by atoms with Crippen molar-refractivity contribution in [2.45, 2.75) is 13.0 Å². The standard InChI is InChI=1S/C12H15ClN2O2/c1-8-6-9(13)2-3-11(8)15-5-4-14-10(7-16)12(15)17/h2-3,6,10,14,16H,4-5,7H2,1H3. The maximum atomic E-state index is 12.1. The van der Waals surface area contributed by atoms with Crippen molar-refractivity contribution in [3.05, 3.63) is 28.8 Å². The summed E-state index contributed by atoms with van der Waals surface area (Å²) < 4.78 is 0. The van der Waals surface area contributed by atoms with Gasteiger partial charge in [-0.05, 0) is 30.7 Å². The SMILES string of the molecule is Cc1cc(Cl)ccc1N1CCNC(CO)C1=O. The lowest BCUT2D eigenvalue weighted by atomic mass is 10.1. The van der Waals surface area contributed by atoms with Gasteiger partial charge in [-0.1, -0.05) is 11.6 Å². The molecule has 4 nitrogen and oxygen atoms in total. The Labute approximate surface area is 105 Å². The predicted molar refractivity (Wildman–Crippen MR) is 67.4 cm³/mol. The quantitative estimate of drug-likeness (QED) is 0.826. The molecule has 1 aromatic rings. The molecule has 0 bridgehead atoms. The van der Waals surface area contributed by atoms with Gasteiger partial charge in [-0.15, -0.1) is 0 Å². The Hall–Kier alpha value is -1.10. The van der Waals surface area contributed by atoms with E-state index in [0.717, 1.165) is 11.3 Å². The van der Waals surface area contributed by atoms with Crippen molar-refractivity contribution in [1.29, 1.82) is 0 Å². The van der Waals surface area contributed by atoms with Crippen molar-refractivity contribution in [2.75, 3.05) is 24.6 Å². The third-order valence-electron chi connectivity index (χ3n) is 2.92. The number of nitrogens with one attached hydrogen (secondary N) is 1. The first-order chi connectivity index (χ1) is 8.13. The number of piperazine rings is 1. The molecule has 1 aliphatic heterocycles. The van der Waals surface area contributed by atoms with Gasteiger partial charge in [-0.2, -0.15) is 0 Å². The maximum absolute atomic E-state index is 12.1. The van der Waals surface area contributed by atoms with E-state index >= 15 is 0 Å². The molecule has 2 N–H and O–H groups in total. The van der Waals surface area contributed by atoms with Gasteiger partial charge in [-0.3, -0.25) is 4.79 Å². The Bertz CT molecular complexity index is 437. The molecule has 1 fully saturated rings. The van der Waals surface area contributed by atoms with Gasteiger partial charge in [0.1, 0.15) is 6.04 Å². The number of aliphatic hydroxyl groups is 1. The molecule has 5 heteroatoms. The monoisotopic (exact) mass is 254 g/mol. The Balaban J connectivity index is 2.29. The van der Waals surface area contributed by atoms with Crippen LogP contribution in [0.15, 0.2) is 18.2 Å². The molecule has 1 heterocycles. The van der Waals surface area contributed by atoms with Crippen LogP contribution in [0.1, 0.15) is 5.56 Å². The Morgan fingerprint density at radius 2 is 2.35 bits per heavy atom. The van der Waals surface area contributed by atoms with E-state index in [4.69, 9.17) is 16.7 Å².